The molecule has 170 valence electrons. The van der Waals surface area contributed by atoms with Crippen molar-refractivity contribution in [3.05, 3.63) is 40.4 Å². The molecule has 0 aromatic heterocycles. The molecule has 1 N–H and O–H groups in total. The van der Waals surface area contributed by atoms with Crippen LogP contribution in [0.3, 0.4) is 0 Å². The van der Waals surface area contributed by atoms with Gasteiger partial charge in [0, 0.05) is 24.6 Å². The first-order chi connectivity index (χ1) is 15.3. The Morgan fingerprint density at radius 2 is 1.78 bits per heavy atom. The van der Waals surface area contributed by atoms with Crippen LogP contribution in [0.15, 0.2) is 35.3 Å². The van der Waals surface area contributed by atoms with E-state index in [-0.39, 0.29) is 18.2 Å². The zero-order valence-corrected chi connectivity index (χ0v) is 20.1. The Balaban J connectivity index is 1.75. The van der Waals surface area contributed by atoms with E-state index in [4.69, 9.17) is 37.4 Å². The third-order valence-corrected chi connectivity index (χ3v) is 6.38. The van der Waals surface area contributed by atoms with Gasteiger partial charge in [-0.1, -0.05) is 35.0 Å². The summed E-state index contributed by atoms with van der Waals surface area (Å²) in [4.78, 5) is 31.3. The summed E-state index contributed by atoms with van der Waals surface area (Å²) in [7, 11) is 6.08. The highest BCUT2D eigenvalue weighted by atomic mass is 35.5. The second kappa shape index (κ2) is 10.3. The van der Waals surface area contributed by atoms with Crippen molar-refractivity contribution in [3.8, 4) is 17.2 Å². The van der Waals surface area contributed by atoms with Crippen molar-refractivity contribution in [1.29, 1.82) is 0 Å². The van der Waals surface area contributed by atoms with Crippen LogP contribution < -0.4 is 19.5 Å². The Labute approximate surface area is 199 Å². The minimum absolute atomic E-state index is 0.0632. The van der Waals surface area contributed by atoms with E-state index in [1.807, 2.05) is 0 Å². The summed E-state index contributed by atoms with van der Waals surface area (Å²) in [6.45, 7) is 0. The van der Waals surface area contributed by atoms with Crippen LogP contribution in [0.5, 0.6) is 17.2 Å². The van der Waals surface area contributed by atoms with Gasteiger partial charge in [0.25, 0.3) is 0 Å². The molecule has 1 atom stereocenters. The first kappa shape index (κ1) is 24.0. The van der Waals surface area contributed by atoms with Crippen molar-refractivity contribution < 1.29 is 23.8 Å². The van der Waals surface area contributed by atoms with E-state index in [0.29, 0.717) is 43.8 Å². The molecule has 2 amide bonds. The number of amidine groups is 1. The number of aliphatic imine (C=N–C) groups is 1. The fraction of sp³-hybridized carbons (Fsp3) is 0.286. The first-order valence-electron chi connectivity index (χ1n) is 9.35. The van der Waals surface area contributed by atoms with Gasteiger partial charge < -0.3 is 19.5 Å². The molecule has 0 aliphatic carbocycles. The van der Waals surface area contributed by atoms with Gasteiger partial charge >= 0.3 is 0 Å². The third-order valence-electron chi connectivity index (χ3n) is 4.62. The molecule has 3 rings (SSSR count). The lowest BCUT2D eigenvalue weighted by Crippen LogP contribution is -2.30. The van der Waals surface area contributed by atoms with Crippen LogP contribution in [-0.2, 0) is 9.59 Å². The summed E-state index contributed by atoms with van der Waals surface area (Å²) in [5.74, 6) is 0.724. The predicted octanol–water partition coefficient (Wildman–Crippen LogP) is 4.61. The van der Waals surface area contributed by atoms with Crippen molar-refractivity contribution in [3.63, 3.8) is 0 Å². The van der Waals surface area contributed by atoms with Gasteiger partial charge in [0.05, 0.1) is 32.0 Å². The maximum Gasteiger partial charge on any atom is 0.242 e. The normalized spacial score (nSPS) is 16.9. The summed E-state index contributed by atoms with van der Waals surface area (Å²) in [6.07, 6.45) is -0.0632. The van der Waals surface area contributed by atoms with E-state index in [2.05, 4.69) is 10.3 Å². The number of ether oxygens (including phenoxy) is 3. The third kappa shape index (κ3) is 5.23. The molecule has 0 radical (unpaired) electrons. The van der Waals surface area contributed by atoms with Gasteiger partial charge in [-0.25, -0.2) is 4.99 Å². The molecular weight excluding hydrogens is 477 g/mol. The number of halogens is 2. The van der Waals surface area contributed by atoms with E-state index >= 15 is 0 Å². The van der Waals surface area contributed by atoms with Crippen molar-refractivity contribution >= 4 is 63.3 Å². The standard InChI is InChI=1S/C21H21Cl2N3O5S/c1-26-20(28)18(32-21(26)25-13-7-11(22)5-6-15(13)29-2)10-19(27)24-14-8-12(23)16(30-3)9-17(14)31-4/h5-9,18H,10H2,1-4H3,(H,24,27). The van der Waals surface area contributed by atoms with Crippen LogP contribution >= 0.6 is 35.0 Å². The van der Waals surface area contributed by atoms with Crippen molar-refractivity contribution in [2.24, 2.45) is 4.99 Å². The summed E-state index contributed by atoms with van der Waals surface area (Å²) in [5.41, 5.74) is 0.870. The second-order valence-corrected chi connectivity index (χ2v) is 8.67. The first-order valence-corrected chi connectivity index (χ1v) is 11.0. The maximum atomic E-state index is 12.7. The molecule has 11 heteroatoms. The number of hydrogen-bond acceptors (Lipinski definition) is 7. The molecule has 1 aliphatic rings. The lowest BCUT2D eigenvalue weighted by Gasteiger charge is -2.14. The minimum Gasteiger partial charge on any atom is -0.495 e. The number of rotatable bonds is 7. The molecule has 1 heterocycles. The molecule has 1 saturated heterocycles. The average Bonchev–Trinajstić information content (AvgIpc) is 3.01. The van der Waals surface area contributed by atoms with Crippen LogP contribution in [0.4, 0.5) is 11.4 Å². The van der Waals surface area contributed by atoms with E-state index in [9.17, 15) is 9.59 Å². The fourth-order valence-electron chi connectivity index (χ4n) is 2.98. The number of benzene rings is 2. The molecule has 1 unspecified atom stereocenters. The van der Waals surface area contributed by atoms with E-state index in [0.717, 1.165) is 0 Å². The smallest absolute Gasteiger partial charge is 0.242 e. The van der Waals surface area contributed by atoms with Crippen molar-refractivity contribution in [1.82, 2.24) is 4.90 Å². The SMILES string of the molecule is COc1cc(OC)c(NC(=O)CC2SC(=Nc3cc(Cl)ccc3OC)N(C)C2=O)cc1Cl. The van der Waals surface area contributed by atoms with Crippen LogP contribution in [0.25, 0.3) is 0 Å². The van der Waals surface area contributed by atoms with Gasteiger partial charge in [-0.2, -0.15) is 0 Å². The summed E-state index contributed by atoms with van der Waals surface area (Å²) in [5, 5.41) is 3.36. The molecule has 2 aromatic rings. The summed E-state index contributed by atoms with van der Waals surface area (Å²) >= 11 is 13.4. The molecule has 32 heavy (non-hydrogen) atoms. The molecule has 8 nitrogen and oxygen atoms in total. The van der Waals surface area contributed by atoms with Crippen molar-refractivity contribution in [2.75, 3.05) is 33.7 Å². The highest BCUT2D eigenvalue weighted by Crippen LogP contribution is 2.37. The largest absolute Gasteiger partial charge is 0.495 e. The van der Waals surface area contributed by atoms with Crippen LogP contribution in [0.1, 0.15) is 6.42 Å². The van der Waals surface area contributed by atoms with Gasteiger partial charge in [-0.05, 0) is 24.3 Å². The molecule has 1 fully saturated rings. The summed E-state index contributed by atoms with van der Waals surface area (Å²) < 4.78 is 15.8. The van der Waals surface area contributed by atoms with Gasteiger partial charge in [-0.15, -0.1) is 0 Å². The highest BCUT2D eigenvalue weighted by molar-refractivity contribution is 8.15. The van der Waals surface area contributed by atoms with Gasteiger partial charge in [-0.3, -0.25) is 14.5 Å². The average molecular weight is 498 g/mol. The Bertz CT molecular complexity index is 1080. The number of nitrogens with zero attached hydrogens (tertiary/aromatic N) is 2. The number of carbonyl (C=O) groups is 2. The zero-order valence-electron chi connectivity index (χ0n) is 17.8. The number of methoxy groups -OCH3 is 3. The quantitative estimate of drug-likeness (QED) is 0.600. The lowest BCUT2D eigenvalue weighted by molar-refractivity contribution is -0.127. The molecule has 2 aromatic carbocycles. The van der Waals surface area contributed by atoms with Crippen molar-refractivity contribution in [2.45, 2.75) is 11.7 Å². The number of amides is 2. The van der Waals surface area contributed by atoms with Crippen LogP contribution in [-0.4, -0.2) is 55.5 Å². The van der Waals surface area contributed by atoms with Gasteiger partial charge in [0.2, 0.25) is 11.8 Å². The number of anilines is 1. The van der Waals surface area contributed by atoms with E-state index in [1.54, 1.807) is 31.3 Å². The molecular formula is C21H21Cl2N3O5S. The Morgan fingerprint density at radius 3 is 2.44 bits per heavy atom. The molecule has 0 bridgehead atoms. The lowest BCUT2D eigenvalue weighted by atomic mass is 10.2. The highest BCUT2D eigenvalue weighted by Gasteiger charge is 2.37. The van der Waals surface area contributed by atoms with E-state index < -0.39 is 5.25 Å². The van der Waals surface area contributed by atoms with Crippen LogP contribution in [0, 0.1) is 0 Å². The number of carbonyl (C=O) groups excluding carboxylic acids is 2. The fourth-order valence-corrected chi connectivity index (χ4v) is 4.53. The summed E-state index contributed by atoms with van der Waals surface area (Å²) in [6, 6.07) is 8.14. The van der Waals surface area contributed by atoms with Crippen LogP contribution in [0.2, 0.25) is 10.0 Å². The molecule has 1 aliphatic heterocycles. The van der Waals surface area contributed by atoms with E-state index in [1.165, 1.54) is 44.1 Å². The monoisotopic (exact) mass is 497 g/mol. The second-order valence-electron chi connectivity index (χ2n) is 6.65. The minimum atomic E-state index is -0.636. The Hall–Kier alpha value is -2.62. The Morgan fingerprint density at radius 1 is 1.09 bits per heavy atom. The number of nitrogens with one attached hydrogen (secondary N) is 1. The molecule has 0 spiro atoms. The van der Waals surface area contributed by atoms with Gasteiger partial charge in [0.1, 0.15) is 28.2 Å². The molecule has 0 saturated carbocycles. The number of thioether (sulfide) groups is 1. The topological polar surface area (TPSA) is 89.5 Å². The maximum absolute atomic E-state index is 12.7. The predicted molar refractivity (Wildman–Crippen MR) is 127 cm³/mol. The zero-order chi connectivity index (χ0) is 23.4. The Kier molecular flexibility index (Phi) is 7.76. The van der Waals surface area contributed by atoms with Gasteiger partial charge in [0.15, 0.2) is 5.17 Å². The number of hydrogen-bond donors (Lipinski definition) is 1.